The van der Waals surface area contributed by atoms with Crippen molar-refractivity contribution in [3.63, 3.8) is 0 Å². The smallest absolute Gasteiger partial charge is 0.283 e. The molecule has 2 aliphatic rings. The van der Waals surface area contributed by atoms with Gasteiger partial charge in [-0.3, -0.25) is 4.79 Å². The number of rotatable bonds is 7. The molecule has 2 aliphatic heterocycles. The highest BCUT2D eigenvalue weighted by atomic mass is 32.2. The number of halogens is 4. The molecular formula is C23H24F4N2O3S. The fraction of sp³-hybridized carbons (Fsp3) is 0.435. The van der Waals surface area contributed by atoms with Crippen LogP contribution in [0.5, 0.6) is 0 Å². The molecule has 33 heavy (non-hydrogen) atoms. The molecule has 0 aliphatic carbocycles. The Kier molecular flexibility index (Phi) is 6.88. The van der Waals surface area contributed by atoms with Crippen LogP contribution in [0.25, 0.3) is 11.1 Å². The van der Waals surface area contributed by atoms with Gasteiger partial charge in [0, 0.05) is 18.2 Å². The zero-order valence-electron chi connectivity index (χ0n) is 17.9. The maximum absolute atomic E-state index is 15.0. The summed E-state index contributed by atoms with van der Waals surface area (Å²) in [5.41, 5.74) is 1.42. The fourth-order valence-corrected chi connectivity index (χ4v) is 5.00. The zero-order chi connectivity index (χ0) is 23.8. The summed E-state index contributed by atoms with van der Waals surface area (Å²) in [4.78, 5) is 14.0. The van der Waals surface area contributed by atoms with Gasteiger partial charge in [0.1, 0.15) is 23.8 Å². The van der Waals surface area contributed by atoms with E-state index in [-0.39, 0.29) is 12.2 Å². The molecule has 2 fully saturated rings. The first-order valence-corrected chi connectivity index (χ1v) is 12.0. The number of carbonyl (C=O) groups excluding carboxylic acids is 1. The summed E-state index contributed by atoms with van der Waals surface area (Å²) in [6.07, 6.45) is -0.244. The monoisotopic (exact) mass is 484 g/mol. The van der Waals surface area contributed by atoms with E-state index in [2.05, 4.69) is 4.72 Å². The number of hydrogen-bond acceptors (Lipinski definition) is 3. The number of benzene rings is 2. The first-order chi connectivity index (χ1) is 15.7. The van der Waals surface area contributed by atoms with Crippen molar-refractivity contribution in [2.45, 2.75) is 43.9 Å². The molecule has 4 atom stereocenters. The van der Waals surface area contributed by atoms with Crippen molar-refractivity contribution in [3.05, 3.63) is 59.7 Å². The van der Waals surface area contributed by atoms with Crippen molar-refractivity contribution in [2.75, 3.05) is 18.9 Å². The molecule has 4 rings (SSSR count). The lowest BCUT2D eigenvalue weighted by atomic mass is 9.95. The van der Waals surface area contributed by atoms with Crippen LogP contribution < -0.4 is 4.72 Å². The van der Waals surface area contributed by atoms with E-state index in [1.54, 1.807) is 31.2 Å². The number of amides is 1. The van der Waals surface area contributed by atoms with Gasteiger partial charge >= 0.3 is 0 Å². The van der Waals surface area contributed by atoms with Crippen LogP contribution in [0, 0.1) is 11.6 Å². The Balaban J connectivity index is 1.65. The lowest BCUT2D eigenvalue weighted by molar-refractivity contribution is -0.158. The van der Waals surface area contributed by atoms with E-state index in [1.165, 1.54) is 12.1 Å². The first-order valence-electron chi connectivity index (χ1n) is 10.7. The average molecular weight is 485 g/mol. The summed E-state index contributed by atoms with van der Waals surface area (Å²) in [6.45, 7) is 1.21. The molecule has 1 amide bonds. The Morgan fingerprint density at radius 3 is 2.48 bits per heavy atom. The number of nitrogens with zero attached hydrogens (tertiary/aromatic N) is 1. The van der Waals surface area contributed by atoms with Crippen LogP contribution in [0.3, 0.4) is 0 Å². The van der Waals surface area contributed by atoms with E-state index >= 15 is 0 Å². The molecule has 2 saturated heterocycles. The second kappa shape index (κ2) is 9.52. The highest BCUT2D eigenvalue weighted by molar-refractivity contribution is 7.83. The Bertz CT molecular complexity index is 1040. The Morgan fingerprint density at radius 2 is 1.88 bits per heavy atom. The van der Waals surface area contributed by atoms with Crippen molar-refractivity contribution >= 4 is 16.9 Å². The van der Waals surface area contributed by atoms with E-state index < -0.39 is 59.2 Å². The van der Waals surface area contributed by atoms with Crippen LogP contribution >= 0.6 is 0 Å². The Hall–Kier alpha value is -2.30. The maximum atomic E-state index is 15.0. The van der Waals surface area contributed by atoms with E-state index in [0.29, 0.717) is 29.7 Å². The van der Waals surface area contributed by atoms with Crippen molar-refractivity contribution in [3.8, 4) is 11.1 Å². The molecule has 2 aromatic rings. The van der Waals surface area contributed by atoms with E-state index in [0.717, 1.165) is 11.0 Å². The number of likely N-dealkylation sites (tertiary alicyclic amines) is 1. The van der Waals surface area contributed by atoms with Gasteiger partial charge in [0.2, 0.25) is 0 Å². The van der Waals surface area contributed by atoms with Crippen LogP contribution in [-0.4, -0.2) is 58.0 Å². The summed E-state index contributed by atoms with van der Waals surface area (Å²) < 4.78 is 77.1. The number of carbonyl (C=O) groups is 1. The minimum atomic E-state index is -3.29. The number of ether oxygens (including phenoxy) is 1. The number of hydrogen-bond donors (Lipinski definition) is 1. The number of alkyl halides is 2. The summed E-state index contributed by atoms with van der Waals surface area (Å²) >= 11 is 0. The van der Waals surface area contributed by atoms with Crippen LogP contribution in [0.4, 0.5) is 17.6 Å². The third-order valence-electron chi connectivity index (χ3n) is 5.97. The highest BCUT2D eigenvalue weighted by Gasteiger charge is 2.57. The van der Waals surface area contributed by atoms with Crippen LogP contribution in [0.1, 0.15) is 18.9 Å². The van der Waals surface area contributed by atoms with Gasteiger partial charge in [-0.1, -0.05) is 31.2 Å². The molecular weight excluding hydrogens is 460 g/mol. The topological polar surface area (TPSA) is 58.6 Å². The van der Waals surface area contributed by atoms with Gasteiger partial charge in [-0.25, -0.2) is 26.5 Å². The molecule has 2 heterocycles. The largest absolute Gasteiger partial charge is 0.368 e. The normalized spacial score (nSPS) is 25.0. The second-order valence-electron chi connectivity index (χ2n) is 8.23. The summed E-state index contributed by atoms with van der Waals surface area (Å²) in [5.74, 6) is -5.12. The lowest BCUT2D eigenvalue weighted by Crippen LogP contribution is -2.53. The minimum absolute atomic E-state index is 0.0399. The molecule has 1 N–H and O–H groups in total. The zero-order valence-corrected chi connectivity index (χ0v) is 18.7. The average Bonchev–Trinajstić information content (AvgIpc) is 2.96. The third-order valence-corrected chi connectivity index (χ3v) is 7.01. The molecule has 0 bridgehead atoms. The summed E-state index contributed by atoms with van der Waals surface area (Å²) in [7, 11) is -1.69. The molecule has 2 aromatic carbocycles. The van der Waals surface area contributed by atoms with E-state index in [9.17, 15) is 26.6 Å². The Labute approximate surface area is 191 Å². The third kappa shape index (κ3) is 5.12. The fourth-order valence-electron chi connectivity index (χ4n) is 4.22. The minimum Gasteiger partial charge on any atom is -0.368 e. The highest BCUT2D eigenvalue weighted by Crippen LogP contribution is 2.36. The van der Waals surface area contributed by atoms with Gasteiger partial charge < -0.3 is 9.64 Å². The second-order valence-corrected chi connectivity index (χ2v) is 9.74. The summed E-state index contributed by atoms with van der Waals surface area (Å²) in [5, 5.41) is 0. The molecule has 10 heteroatoms. The van der Waals surface area contributed by atoms with Crippen LogP contribution in [0.15, 0.2) is 42.5 Å². The predicted molar refractivity (Wildman–Crippen MR) is 116 cm³/mol. The standard InChI is InChI=1S/C23H24F4N2O3S/c1-2-33(31)28-21-19(29(13-23(21,26)27)22(30)20-6-7-32-20)9-14-4-3-5-15(8-14)16-10-17(24)12-18(25)11-16/h3-5,8,10-12,19-21,28H,2,6-7,9,13H2,1H3/t19-,20?,21+,33?/m0/s1. The van der Waals surface area contributed by atoms with Crippen LogP contribution in [0.2, 0.25) is 0 Å². The van der Waals surface area contributed by atoms with Gasteiger partial charge in [0.25, 0.3) is 11.8 Å². The summed E-state index contributed by atoms with van der Waals surface area (Å²) in [6, 6.07) is 7.32. The molecule has 0 aromatic heterocycles. The van der Waals surface area contributed by atoms with Gasteiger partial charge in [0.05, 0.1) is 30.2 Å². The van der Waals surface area contributed by atoms with Gasteiger partial charge in [-0.2, -0.15) is 0 Å². The maximum Gasteiger partial charge on any atom is 0.283 e. The van der Waals surface area contributed by atoms with Crippen molar-refractivity contribution in [2.24, 2.45) is 0 Å². The van der Waals surface area contributed by atoms with E-state index in [1.807, 2.05) is 0 Å². The van der Waals surface area contributed by atoms with Gasteiger partial charge in [-0.15, -0.1) is 0 Å². The molecule has 178 valence electrons. The van der Waals surface area contributed by atoms with Gasteiger partial charge in [0.15, 0.2) is 0 Å². The molecule has 2 unspecified atom stereocenters. The first kappa shape index (κ1) is 23.8. The molecule has 0 radical (unpaired) electrons. The molecule has 0 saturated carbocycles. The van der Waals surface area contributed by atoms with Crippen molar-refractivity contribution < 1.29 is 31.3 Å². The number of nitrogens with one attached hydrogen (secondary N) is 1. The van der Waals surface area contributed by atoms with Crippen LogP contribution in [-0.2, 0) is 26.9 Å². The quantitative estimate of drug-likeness (QED) is 0.613. The molecule has 5 nitrogen and oxygen atoms in total. The van der Waals surface area contributed by atoms with Crippen molar-refractivity contribution in [1.29, 1.82) is 0 Å². The molecule has 0 spiro atoms. The van der Waals surface area contributed by atoms with Crippen molar-refractivity contribution in [1.82, 2.24) is 9.62 Å². The van der Waals surface area contributed by atoms with E-state index in [4.69, 9.17) is 4.74 Å². The van der Waals surface area contributed by atoms with Gasteiger partial charge in [-0.05, 0) is 35.2 Å². The lowest BCUT2D eigenvalue weighted by Gasteiger charge is -2.33. The Morgan fingerprint density at radius 1 is 1.18 bits per heavy atom. The predicted octanol–water partition coefficient (Wildman–Crippen LogP) is 3.45. The SMILES string of the molecule is CCS(=O)N[C@@H]1[C@H](Cc2cccc(-c3cc(F)cc(F)c3)c2)N(C(=O)C2CCO2)CC1(F)F.